The molecule has 0 amide bonds. The van der Waals surface area contributed by atoms with Crippen molar-refractivity contribution in [3.05, 3.63) is 218 Å². The van der Waals surface area contributed by atoms with Crippen LogP contribution in [0, 0.1) is 0 Å². The predicted octanol–water partition coefficient (Wildman–Crippen LogP) is 13.3. The fourth-order valence-corrected chi connectivity index (χ4v) is 7.35. The summed E-state index contributed by atoms with van der Waals surface area (Å²) in [6.07, 6.45) is 1.85. The molecule has 0 atom stereocenters. The maximum Gasteiger partial charge on any atom is 0.165 e. The van der Waals surface area contributed by atoms with Crippen molar-refractivity contribution >= 4 is 0 Å². The van der Waals surface area contributed by atoms with Gasteiger partial charge in [0.2, 0.25) is 0 Å². The Morgan fingerprint density at radius 1 is 0.298 bits per heavy atom. The summed E-state index contributed by atoms with van der Waals surface area (Å²) in [6.45, 7) is 4.57. The molecule has 2 heterocycles. The molecule has 7 aromatic carbocycles. The molecule has 0 saturated heterocycles. The van der Waals surface area contributed by atoms with Crippen LogP contribution >= 0.6 is 0 Å². The van der Waals surface area contributed by atoms with Crippen molar-refractivity contribution in [2.45, 2.75) is 19.3 Å². The van der Waals surface area contributed by atoms with Crippen LogP contribution in [0.15, 0.2) is 206 Å². The van der Waals surface area contributed by atoms with Crippen molar-refractivity contribution in [1.82, 2.24) is 19.9 Å². The maximum absolute atomic E-state index is 4.90. The summed E-state index contributed by atoms with van der Waals surface area (Å²) in [7, 11) is 0. The standard InChI is InChI=1S/C53H40N4/c1-53(2,47-25-10-5-11-26-47)48-30-27-37(28-31-48)40-19-12-20-41(33-40)42-21-13-22-43(34-42)44-23-14-24-45(35-44)49-32-29-46(36-54-49)52-56-50(38-15-6-3-7-16-38)55-51(57-52)39-17-8-4-9-18-39/h3-36H,1-2H3. The molecule has 0 saturated carbocycles. The van der Waals surface area contributed by atoms with Crippen molar-refractivity contribution in [2.75, 3.05) is 0 Å². The van der Waals surface area contributed by atoms with Gasteiger partial charge in [-0.3, -0.25) is 4.98 Å². The third-order valence-electron chi connectivity index (χ3n) is 10.7. The predicted molar refractivity (Wildman–Crippen MR) is 234 cm³/mol. The number of nitrogens with zero attached hydrogens (tertiary/aromatic N) is 4. The summed E-state index contributed by atoms with van der Waals surface area (Å²) in [4.78, 5) is 19.5. The molecular formula is C53H40N4. The molecule has 0 N–H and O–H groups in total. The first kappa shape index (κ1) is 35.4. The first-order valence-corrected chi connectivity index (χ1v) is 19.3. The van der Waals surface area contributed by atoms with Crippen LogP contribution in [0.25, 0.3) is 78.8 Å². The molecule has 9 aromatic rings. The zero-order valence-corrected chi connectivity index (χ0v) is 31.9. The van der Waals surface area contributed by atoms with Gasteiger partial charge in [0.1, 0.15) is 0 Å². The number of hydrogen-bond acceptors (Lipinski definition) is 4. The largest absolute Gasteiger partial charge is 0.255 e. The van der Waals surface area contributed by atoms with Gasteiger partial charge in [0.05, 0.1) is 5.69 Å². The monoisotopic (exact) mass is 732 g/mol. The zero-order valence-electron chi connectivity index (χ0n) is 31.9. The molecule has 0 aliphatic carbocycles. The minimum absolute atomic E-state index is 0.0751. The van der Waals surface area contributed by atoms with E-state index in [9.17, 15) is 0 Å². The van der Waals surface area contributed by atoms with Gasteiger partial charge < -0.3 is 0 Å². The fraction of sp³-hybridized carbons (Fsp3) is 0.0566. The molecule has 0 bridgehead atoms. The number of hydrogen-bond donors (Lipinski definition) is 0. The van der Waals surface area contributed by atoms with E-state index < -0.39 is 0 Å². The topological polar surface area (TPSA) is 51.6 Å². The van der Waals surface area contributed by atoms with Gasteiger partial charge in [-0.05, 0) is 74.8 Å². The summed E-state index contributed by atoms with van der Waals surface area (Å²) in [5, 5.41) is 0. The highest BCUT2D eigenvalue weighted by atomic mass is 15.0. The molecular weight excluding hydrogens is 693 g/mol. The van der Waals surface area contributed by atoms with Gasteiger partial charge in [-0.25, -0.2) is 15.0 Å². The van der Waals surface area contributed by atoms with E-state index in [1.807, 2.05) is 79.0 Å². The fourth-order valence-electron chi connectivity index (χ4n) is 7.35. The van der Waals surface area contributed by atoms with Crippen molar-refractivity contribution in [2.24, 2.45) is 0 Å². The molecule has 0 radical (unpaired) electrons. The SMILES string of the molecule is CC(C)(c1ccccc1)c1ccc(-c2cccc(-c3cccc(-c4cccc(-c5ccc(-c6nc(-c7ccccc7)nc(-c7ccccc7)n6)cn5)c4)c3)c2)cc1. The Bertz CT molecular complexity index is 2720. The second-order valence-corrected chi connectivity index (χ2v) is 14.8. The third-order valence-corrected chi connectivity index (χ3v) is 10.7. The minimum atomic E-state index is -0.0751. The molecule has 9 rings (SSSR count). The lowest BCUT2D eigenvalue weighted by molar-refractivity contribution is 0.641. The Morgan fingerprint density at radius 3 is 1.14 bits per heavy atom. The lowest BCUT2D eigenvalue weighted by Gasteiger charge is -2.26. The van der Waals surface area contributed by atoms with E-state index in [4.69, 9.17) is 19.9 Å². The lowest BCUT2D eigenvalue weighted by Crippen LogP contribution is -2.18. The molecule has 0 spiro atoms. The average Bonchev–Trinajstić information content (AvgIpc) is 3.30. The van der Waals surface area contributed by atoms with Crippen LogP contribution in [0.2, 0.25) is 0 Å². The zero-order chi connectivity index (χ0) is 38.6. The van der Waals surface area contributed by atoms with Crippen LogP contribution in [0.3, 0.4) is 0 Å². The Morgan fingerprint density at radius 2 is 0.667 bits per heavy atom. The Kier molecular flexibility index (Phi) is 9.59. The molecule has 0 unspecified atom stereocenters. The lowest BCUT2D eigenvalue weighted by atomic mass is 9.78. The minimum Gasteiger partial charge on any atom is -0.255 e. The Labute approximate surface area is 334 Å². The number of pyridine rings is 1. The van der Waals surface area contributed by atoms with Crippen molar-refractivity contribution in [1.29, 1.82) is 0 Å². The summed E-state index contributed by atoms with van der Waals surface area (Å²) in [5.74, 6) is 1.84. The molecule has 4 heteroatoms. The van der Waals surface area contributed by atoms with E-state index in [0.717, 1.165) is 39.1 Å². The van der Waals surface area contributed by atoms with Crippen LogP contribution in [0.1, 0.15) is 25.0 Å². The summed E-state index contributed by atoms with van der Waals surface area (Å²) >= 11 is 0. The summed E-state index contributed by atoms with van der Waals surface area (Å²) in [6, 6.07) is 70.0. The first-order valence-electron chi connectivity index (χ1n) is 19.3. The normalized spacial score (nSPS) is 11.3. The van der Waals surface area contributed by atoms with Crippen LogP contribution in [-0.2, 0) is 5.41 Å². The Balaban J connectivity index is 0.968. The average molecular weight is 733 g/mol. The highest BCUT2D eigenvalue weighted by Crippen LogP contribution is 2.35. The second kappa shape index (κ2) is 15.4. The van der Waals surface area contributed by atoms with Crippen LogP contribution in [0.5, 0.6) is 0 Å². The molecule has 57 heavy (non-hydrogen) atoms. The third kappa shape index (κ3) is 7.54. The van der Waals surface area contributed by atoms with Crippen molar-refractivity contribution < 1.29 is 0 Å². The van der Waals surface area contributed by atoms with Gasteiger partial charge >= 0.3 is 0 Å². The van der Waals surface area contributed by atoms with Crippen molar-refractivity contribution in [3.63, 3.8) is 0 Å². The van der Waals surface area contributed by atoms with Crippen LogP contribution in [0.4, 0.5) is 0 Å². The van der Waals surface area contributed by atoms with Gasteiger partial charge in [0.25, 0.3) is 0 Å². The molecule has 4 nitrogen and oxygen atoms in total. The van der Waals surface area contributed by atoms with Gasteiger partial charge in [0.15, 0.2) is 17.5 Å². The van der Waals surface area contributed by atoms with Gasteiger partial charge in [0, 0.05) is 33.9 Å². The highest BCUT2D eigenvalue weighted by molar-refractivity contribution is 5.79. The molecule has 272 valence electrons. The number of rotatable bonds is 9. The molecule has 0 aliphatic rings. The smallest absolute Gasteiger partial charge is 0.165 e. The quantitative estimate of drug-likeness (QED) is 0.148. The van der Waals surface area contributed by atoms with E-state index >= 15 is 0 Å². The van der Waals surface area contributed by atoms with Crippen LogP contribution in [-0.4, -0.2) is 19.9 Å². The first-order chi connectivity index (χ1) is 28.0. The molecule has 2 aromatic heterocycles. The summed E-state index contributed by atoms with van der Waals surface area (Å²) < 4.78 is 0. The number of benzene rings is 7. The highest BCUT2D eigenvalue weighted by Gasteiger charge is 2.22. The van der Waals surface area contributed by atoms with E-state index in [2.05, 4.69) is 141 Å². The second-order valence-electron chi connectivity index (χ2n) is 14.8. The maximum atomic E-state index is 4.90. The van der Waals surface area contributed by atoms with Crippen molar-refractivity contribution in [3.8, 4) is 78.8 Å². The van der Waals surface area contributed by atoms with Crippen LogP contribution < -0.4 is 0 Å². The van der Waals surface area contributed by atoms with Gasteiger partial charge in [-0.1, -0.05) is 184 Å². The molecule has 0 fully saturated rings. The molecule has 0 aliphatic heterocycles. The van der Waals surface area contributed by atoms with E-state index in [1.165, 1.54) is 33.4 Å². The number of aromatic nitrogens is 4. The Hall–Kier alpha value is -7.30. The van der Waals surface area contributed by atoms with E-state index in [-0.39, 0.29) is 5.41 Å². The van der Waals surface area contributed by atoms with Gasteiger partial charge in [-0.2, -0.15) is 0 Å². The summed E-state index contributed by atoms with van der Waals surface area (Å²) in [5.41, 5.74) is 14.2. The van der Waals surface area contributed by atoms with E-state index in [1.54, 1.807) is 0 Å². The van der Waals surface area contributed by atoms with Gasteiger partial charge in [-0.15, -0.1) is 0 Å². The van der Waals surface area contributed by atoms with E-state index in [0.29, 0.717) is 17.5 Å².